The van der Waals surface area contributed by atoms with Gasteiger partial charge in [-0.15, -0.1) is 0 Å². The van der Waals surface area contributed by atoms with Crippen molar-refractivity contribution < 1.29 is 14.6 Å². The largest absolute Gasteiger partial charge is 0.493 e. The van der Waals surface area contributed by atoms with Crippen molar-refractivity contribution in [3.8, 4) is 5.75 Å². The molecule has 0 fully saturated rings. The van der Waals surface area contributed by atoms with Crippen LogP contribution < -0.4 is 4.74 Å². The van der Waals surface area contributed by atoms with Crippen LogP contribution in [-0.4, -0.2) is 17.7 Å². The molecule has 0 aliphatic carbocycles. The maximum Gasteiger partial charge on any atom is 0.311 e. The Morgan fingerprint density at radius 2 is 1.86 bits per heavy atom. The molecule has 116 valence electrons. The fraction of sp³-hybridized carbons (Fsp3) is 0.278. The van der Waals surface area contributed by atoms with Crippen LogP contribution in [0.3, 0.4) is 0 Å². The van der Waals surface area contributed by atoms with Gasteiger partial charge in [0.05, 0.1) is 12.5 Å². The monoisotopic (exact) mass is 318 g/mol. The summed E-state index contributed by atoms with van der Waals surface area (Å²) >= 11 is 5.87. The highest BCUT2D eigenvalue weighted by Crippen LogP contribution is 2.28. The Balaban J connectivity index is 2.25. The van der Waals surface area contributed by atoms with E-state index in [1.165, 1.54) is 0 Å². The molecule has 0 aromatic heterocycles. The van der Waals surface area contributed by atoms with Gasteiger partial charge in [-0.25, -0.2) is 0 Å². The van der Waals surface area contributed by atoms with Crippen molar-refractivity contribution in [1.29, 1.82) is 0 Å². The van der Waals surface area contributed by atoms with Crippen LogP contribution in [0.1, 0.15) is 30.4 Å². The zero-order chi connectivity index (χ0) is 15.9. The lowest BCUT2D eigenvalue weighted by Gasteiger charge is -2.16. The number of carboxylic acids is 1. The van der Waals surface area contributed by atoms with Crippen molar-refractivity contribution in [2.45, 2.75) is 25.7 Å². The molecule has 3 nitrogen and oxygen atoms in total. The summed E-state index contributed by atoms with van der Waals surface area (Å²) in [5.74, 6) is -0.721. The van der Waals surface area contributed by atoms with Crippen LogP contribution in [0.2, 0.25) is 5.02 Å². The van der Waals surface area contributed by atoms with Gasteiger partial charge in [-0.1, -0.05) is 48.9 Å². The third kappa shape index (κ3) is 4.25. The molecule has 0 spiro atoms. The van der Waals surface area contributed by atoms with E-state index in [1.807, 2.05) is 31.2 Å². The van der Waals surface area contributed by atoms with Crippen LogP contribution in [0.5, 0.6) is 5.75 Å². The van der Waals surface area contributed by atoms with E-state index in [-0.39, 0.29) is 0 Å². The standard InChI is InChI=1S/C18H19ClO3/c1-2-11-22-17-6-4-3-5-14(17)12-16(18(20)21)13-7-9-15(19)10-8-13/h3-10,16H,2,11-12H2,1H3,(H,20,21). The minimum absolute atomic E-state index is 0.386. The molecular formula is C18H19ClO3. The highest BCUT2D eigenvalue weighted by molar-refractivity contribution is 6.30. The topological polar surface area (TPSA) is 46.5 Å². The van der Waals surface area contributed by atoms with Crippen molar-refractivity contribution in [1.82, 2.24) is 0 Å². The Morgan fingerprint density at radius 1 is 1.18 bits per heavy atom. The number of rotatable bonds is 7. The molecule has 0 aliphatic rings. The van der Waals surface area contributed by atoms with Crippen molar-refractivity contribution in [3.63, 3.8) is 0 Å². The van der Waals surface area contributed by atoms with Gasteiger partial charge in [-0.2, -0.15) is 0 Å². The Labute approximate surface area is 135 Å². The molecule has 0 heterocycles. The maximum atomic E-state index is 11.6. The fourth-order valence-corrected chi connectivity index (χ4v) is 2.41. The molecule has 2 rings (SSSR count). The fourth-order valence-electron chi connectivity index (χ4n) is 2.29. The number of carboxylic acid groups (broad SMARTS) is 1. The first kappa shape index (κ1) is 16.4. The van der Waals surface area contributed by atoms with Crippen LogP contribution in [-0.2, 0) is 11.2 Å². The number of para-hydroxylation sites is 1. The summed E-state index contributed by atoms with van der Waals surface area (Å²) in [5, 5.41) is 10.1. The summed E-state index contributed by atoms with van der Waals surface area (Å²) in [7, 11) is 0. The molecule has 0 saturated heterocycles. The van der Waals surface area contributed by atoms with E-state index in [1.54, 1.807) is 24.3 Å². The number of aliphatic carboxylic acids is 1. The Bertz CT molecular complexity index is 622. The second-order valence-electron chi connectivity index (χ2n) is 5.10. The zero-order valence-corrected chi connectivity index (χ0v) is 13.2. The third-order valence-corrected chi connectivity index (χ3v) is 3.68. The van der Waals surface area contributed by atoms with Gasteiger partial charge >= 0.3 is 5.97 Å². The number of halogens is 1. The quantitative estimate of drug-likeness (QED) is 0.815. The number of carbonyl (C=O) groups is 1. The average Bonchev–Trinajstić information content (AvgIpc) is 2.52. The Hall–Kier alpha value is -2.00. The molecule has 1 unspecified atom stereocenters. The van der Waals surface area contributed by atoms with Gasteiger partial charge in [0.15, 0.2) is 0 Å². The summed E-state index contributed by atoms with van der Waals surface area (Å²) in [6.45, 7) is 2.66. The predicted octanol–water partition coefficient (Wildman–Crippen LogP) is 4.54. The molecule has 0 radical (unpaired) electrons. The minimum Gasteiger partial charge on any atom is -0.493 e. The van der Waals surface area contributed by atoms with Crippen LogP contribution in [0.15, 0.2) is 48.5 Å². The van der Waals surface area contributed by atoms with Gasteiger partial charge in [0.1, 0.15) is 5.75 Å². The van der Waals surface area contributed by atoms with Gasteiger partial charge < -0.3 is 9.84 Å². The van der Waals surface area contributed by atoms with Gasteiger partial charge in [-0.05, 0) is 42.2 Å². The molecule has 22 heavy (non-hydrogen) atoms. The molecule has 4 heteroatoms. The predicted molar refractivity (Wildman–Crippen MR) is 87.8 cm³/mol. The van der Waals surface area contributed by atoms with Crippen LogP contribution in [0.25, 0.3) is 0 Å². The summed E-state index contributed by atoms with van der Waals surface area (Å²) < 4.78 is 5.71. The van der Waals surface area contributed by atoms with E-state index >= 15 is 0 Å². The first-order valence-electron chi connectivity index (χ1n) is 7.30. The normalized spacial score (nSPS) is 11.9. The molecule has 2 aromatic rings. The minimum atomic E-state index is -0.854. The molecular weight excluding hydrogens is 300 g/mol. The highest BCUT2D eigenvalue weighted by atomic mass is 35.5. The van der Waals surface area contributed by atoms with E-state index in [4.69, 9.17) is 16.3 Å². The first-order chi connectivity index (χ1) is 10.6. The van der Waals surface area contributed by atoms with Crippen LogP contribution >= 0.6 is 11.6 Å². The van der Waals surface area contributed by atoms with E-state index in [9.17, 15) is 9.90 Å². The molecule has 2 aromatic carbocycles. The van der Waals surface area contributed by atoms with E-state index in [2.05, 4.69) is 0 Å². The highest BCUT2D eigenvalue weighted by Gasteiger charge is 2.21. The van der Waals surface area contributed by atoms with Crippen LogP contribution in [0, 0.1) is 0 Å². The van der Waals surface area contributed by atoms with Gasteiger partial charge in [-0.3, -0.25) is 4.79 Å². The second kappa shape index (κ2) is 7.85. The Morgan fingerprint density at radius 3 is 2.50 bits per heavy atom. The van der Waals surface area contributed by atoms with Gasteiger partial charge in [0.25, 0.3) is 0 Å². The van der Waals surface area contributed by atoms with E-state index in [0.717, 1.165) is 23.3 Å². The van der Waals surface area contributed by atoms with E-state index < -0.39 is 11.9 Å². The second-order valence-corrected chi connectivity index (χ2v) is 5.54. The molecule has 1 atom stereocenters. The number of hydrogen-bond donors (Lipinski definition) is 1. The van der Waals surface area contributed by atoms with E-state index in [0.29, 0.717) is 18.1 Å². The SMILES string of the molecule is CCCOc1ccccc1CC(C(=O)O)c1ccc(Cl)cc1. The summed E-state index contributed by atoms with van der Waals surface area (Å²) in [5.41, 5.74) is 1.64. The molecule has 1 N–H and O–H groups in total. The van der Waals surface area contributed by atoms with Crippen LogP contribution in [0.4, 0.5) is 0 Å². The molecule has 0 amide bonds. The number of benzene rings is 2. The Kier molecular flexibility index (Phi) is 5.84. The number of hydrogen-bond acceptors (Lipinski definition) is 2. The van der Waals surface area contributed by atoms with Crippen molar-refractivity contribution in [3.05, 3.63) is 64.7 Å². The average molecular weight is 319 g/mol. The van der Waals surface area contributed by atoms with Gasteiger partial charge in [0.2, 0.25) is 0 Å². The lowest BCUT2D eigenvalue weighted by atomic mass is 9.92. The summed E-state index contributed by atoms with van der Waals surface area (Å²) in [6.07, 6.45) is 1.30. The molecule has 0 saturated carbocycles. The summed E-state index contributed by atoms with van der Waals surface area (Å²) in [4.78, 5) is 11.6. The van der Waals surface area contributed by atoms with Crippen molar-refractivity contribution >= 4 is 17.6 Å². The zero-order valence-electron chi connectivity index (χ0n) is 12.5. The van der Waals surface area contributed by atoms with Crippen molar-refractivity contribution in [2.75, 3.05) is 6.61 Å². The molecule has 0 bridgehead atoms. The smallest absolute Gasteiger partial charge is 0.311 e. The molecule has 0 aliphatic heterocycles. The van der Waals surface area contributed by atoms with Gasteiger partial charge in [0, 0.05) is 5.02 Å². The first-order valence-corrected chi connectivity index (χ1v) is 7.68. The van der Waals surface area contributed by atoms with Crippen molar-refractivity contribution in [2.24, 2.45) is 0 Å². The summed E-state index contributed by atoms with van der Waals surface area (Å²) in [6, 6.07) is 14.5. The number of ether oxygens (including phenoxy) is 1. The maximum absolute atomic E-state index is 11.6. The lowest BCUT2D eigenvalue weighted by Crippen LogP contribution is -2.15. The lowest BCUT2D eigenvalue weighted by molar-refractivity contribution is -0.138. The third-order valence-electron chi connectivity index (χ3n) is 3.43.